The van der Waals surface area contributed by atoms with Crippen molar-refractivity contribution >= 4 is 11.8 Å². The van der Waals surface area contributed by atoms with Crippen LogP contribution in [0.4, 0.5) is 0 Å². The van der Waals surface area contributed by atoms with E-state index in [2.05, 4.69) is 0 Å². The molecule has 1 fully saturated rings. The molecular weight excluding hydrogens is 232 g/mol. The van der Waals surface area contributed by atoms with Crippen molar-refractivity contribution in [3.63, 3.8) is 0 Å². The van der Waals surface area contributed by atoms with E-state index in [4.69, 9.17) is 9.47 Å². The highest BCUT2D eigenvalue weighted by molar-refractivity contribution is 5.88. The molecule has 4 nitrogen and oxygen atoms in total. The molecule has 2 rings (SSSR count). The van der Waals surface area contributed by atoms with Crippen LogP contribution in [0, 0.1) is 0 Å². The molecule has 2 atom stereocenters. The molecule has 4 heteroatoms. The molecule has 1 saturated heterocycles. The summed E-state index contributed by atoms with van der Waals surface area (Å²) in [6.45, 7) is 2.09. The Morgan fingerprint density at radius 2 is 1.94 bits per heavy atom. The van der Waals surface area contributed by atoms with Gasteiger partial charge in [-0.25, -0.2) is 0 Å². The van der Waals surface area contributed by atoms with Crippen LogP contribution in [0.5, 0.6) is 0 Å². The molecule has 1 aliphatic rings. The van der Waals surface area contributed by atoms with Crippen LogP contribution in [0.25, 0.3) is 0 Å². The van der Waals surface area contributed by atoms with Crippen LogP contribution in [0.2, 0.25) is 0 Å². The van der Waals surface area contributed by atoms with Gasteiger partial charge in [0.2, 0.25) is 0 Å². The van der Waals surface area contributed by atoms with Gasteiger partial charge in [0.25, 0.3) is 0 Å². The van der Waals surface area contributed by atoms with Gasteiger partial charge in [-0.1, -0.05) is 30.3 Å². The molecule has 0 N–H and O–H groups in total. The number of carbonyl (C=O) groups is 2. The first-order chi connectivity index (χ1) is 8.72. The minimum atomic E-state index is -0.387. The second-order valence-electron chi connectivity index (χ2n) is 4.16. The predicted molar refractivity (Wildman–Crippen MR) is 64.9 cm³/mol. The lowest BCUT2D eigenvalue weighted by Gasteiger charge is -1.99. The van der Waals surface area contributed by atoms with Gasteiger partial charge in [0.15, 0.2) is 5.78 Å². The Bertz CT molecular complexity index is 427. The zero-order valence-corrected chi connectivity index (χ0v) is 10.3. The highest BCUT2D eigenvalue weighted by Gasteiger charge is 2.45. The summed E-state index contributed by atoms with van der Waals surface area (Å²) in [5, 5.41) is 0. The second-order valence-corrected chi connectivity index (χ2v) is 4.16. The highest BCUT2D eigenvalue weighted by atomic mass is 16.6. The fraction of sp³-hybridized carbons (Fsp3) is 0.429. The zero-order chi connectivity index (χ0) is 13.0. The molecule has 18 heavy (non-hydrogen) atoms. The third-order valence-corrected chi connectivity index (χ3v) is 2.82. The van der Waals surface area contributed by atoms with E-state index in [1.54, 1.807) is 6.92 Å². The number of benzene rings is 1. The number of esters is 1. The summed E-state index contributed by atoms with van der Waals surface area (Å²) >= 11 is 0. The van der Waals surface area contributed by atoms with Crippen LogP contribution in [0.15, 0.2) is 30.3 Å². The van der Waals surface area contributed by atoms with Gasteiger partial charge < -0.3 is 9.47 Å². The van der Waals surface area contributed by atoms with Crippen molar-refractivity contribution in [2.45, 2.75) is 32.0 Å². The van der Waals surface area contributed by atoms with Crippen molar-refractivity contribution in [1.29, 1.82) is 0 Å². The minimum Gasteiger partial charge on any atom is -0.466 e. The topological polar surface area (TPSA) is 55.9 Å². The monoisotopic (exact) mass is 248 g/mol. The summed E-state index contributed by atoms with van der Waals surface area (Å²) < 4.78 is 10.1. The van der Waals surface area contributed by atoms with E-state index >= 15 is 0 Å². The number of epoxide rings is 1. The molecule has 0 saturated carbocycles. The minimum absolute atomic E-state index is 0.0306. The standard InChI is InChI=1S/C14H16O4/c1-2-17-12(16)9-8-11(15)14-13(18-14)10-6-4-3-5-7-10/h3-7,13-14H,2,8-9H2,1H3/t13-,14-/m1/s1. The second kappa shape index (κ2) is 5.78. The van der Waals surface area contributed by atoms with Crippen molar-refractivity contribution in [2.24, 2.45) is 0 Å². The van der Waals surface area contributed by atoms with Gasteiger partial charge in [0.05, 0.1) is 13.0 Å². The fourth-order valence-electron chi connectivity index (χ4n) is 1.85. The van der Waals surface area contributed by atoms with Crippen LogP contribution in [0.3, 0.4) is 0 Å². The molecule has 1 aromatic rings. The van der Waals surface area contributed by atoms with Gasteiger partial charge in [0.1, 0.15) is 12.2 Å². The molecular formula is C14H16O4. The van der Waals surface area contributed by atoms with Crippen molar-refractivity contribution in [3.05, 3.63) is 35.9 Å². The fourth-order valence-corrected chi connectivity index (χ4v) is 1.85. The first-order valence-electron chi connectivity index (χ1n) is 6.11. The Morgan fingerprint density at radius 3 is 2.61 bits per heavy atom. The van der Waals surface area contributed by atoms with Crippen molar-refractivity contribution in [3.8, 4) is 0 Å². The molecule has 1 aromatic carbocycles. The molecule has 0 aromatic heterocycles. The number of ether oxygens (including phenoxy) is 2. The lowest BCUT2D eigenvalue weighted by Crippen LogP contribution is -2.12. The normalized spacial score (nSPS) is 21.4. The van der Waals surface area contributed by atoms with Crippen LogP contribution in [-0.4, -0.2) is 24.5 Å². The van der Waals surface area contributed by atoms with Gasteiger partial charge in [-0.15, -0.1) is 0 Å². The summed E-state index contributed by atoms with van der Waals surface area (Å²) in [5.41, 5.74) is 1.01. The maximum absolute atomic E-state index is 11.8. The largest absolute Gasteiger partial charge is 0.466 e. The predicted octanol–water partition coefficient (Wildman–Crippen LogP) is 2.04. The van der Waals surface area contributed by atoms with Crippen LogP contribution in [-0.2, 0) is 19.1 Å². The Balaban J connectivity index is 1.78. The maximum atomic E-state index is 11.8. The molecule has 1 heterocycles. The number of ketones is 1. The SMILES string of the molecule is CCOC(=O)CCC(=O)[C@H]1O[C@@H]1c1ccccc1. The Hall–Kier alpha value is -1.68. The van der Waals surface area contributed by atoms with E-state index < -0.39 is 0 Å². The van der Waals surface area contributed by atoms with E-state index in [1.165, 1.54) is 0 Å². The van der Waals surface area contributed by atoms with Crippen molar-refractivity contribution < 1.29 is 19.1 Å². The third kappa shape index (κ3) is 3.17. The number of rotatable bonds is 6. The first-order valence-corrected chi connectivity index (χ1v) is 6.11. The zero-order valence-electron chi connectivity index (χ0n) is 10.3. The lowest BCUT2D eigenvalue weighted by molar-refractivity contribution is -0.144. The van der Waals surface area contributed by atoms with E-state index in [0.29, 0.717) is 6.61 Å². The summed E-state index contributed by atoms with van der Waals surface area (Å²) in [6.07, 6.45) is -0.205. The van der Waals surface area contributed by atoms with Crippen LogP contribution < -0.4 is 0 Å². The molecule has 0 amide bonds. The highest BCUT2D eigenvalue weighted by Crippen LogP contribution is 2.39. The van der Waals surface area contributed by atoms with Gasteiger partial charge in [-0.05, 0) is 12.5 Å². The maximum Gasteiger partial charge on any atom is 0.306 e. The van der Waals surface area contributed by atoms with Gasteiger partial charge in [-0.2, -0.15) is 0 Å². The molecule has 0 aliphatic carbocycles. The summed E-state index contributed by atoms with van der Waals surface area (Å²) in [4.78, 5) is 22.9. The van der Waals surface area contributed by atoms with E-state index in [0.717, 1.165) is 5.56 Å². The Kier molecular flexibility index (Phi) is 4.10. The molecule has 1 aliphatic heterocycles. The molecule has 0 bridgehead atoms. The number of carbonyl (C=O) groups excluding carboxylic acids is 2. The van der Waals surface area contributed by atoms with E-state index in [9.17, 15) is 9.59 Å². The summed E-state index contributed by atoms with van der Waals surface area (Å²) in [5.74, 6) is -0.361. The van der Waals surface area contributed by atoms with Gasteiger partial charge in [0, 0.05) is 6.42 Å². The summed E-state index contributed by atoms with van der Waals surface area (Å²) in [6, 6.07) is 9.62. The quantitative estimate of drug-likeness (QED) is 0.571. The van der Waals surface area contributed by atoms with E-state index in [-0.39, 0.29) is 36.8 Å². The average Bonchev–Trinajstić information content (AvgIpc) is 3.18. The molecule has 0 radical (unpaired) electrons. The molecule has 96 valence electrons. The van der Waals surface area contributed by atoms with Crippen molar-refractivity contribution in [2.75, 3.05) is 6.61 Å². The number of hydrogen-bond donors (Lipinski definition) is 0. The van der Waals surface area contributed by atoms with E-state index in [1.807, 2.05) is 30.3 Å². The van der Waals surface area contributed by atoms with Gasteiger partial charge >= 0.3 is 5.97 Å². The van der Waals surface area contributed by atoms with Crippen LogP contribution >= 0.6 is 0 Å². The first kappa shape index (κ1) is 12.8. The molecule has 0 unspecified atom stereocenters. The van der Waals surface area contributed by atoms with Crippen LogP contribution in [0.1, 0.15) is 31.4 Å². The Labute approximate surface area is 106 Å². The van der Waals surface area contributed by atoms with Crippen molar-refractivity contribution in [1.82, 2.24) is 0 Å². The lowest BCUT2D eigenvalue weighted by atomic mass is 10.1. The average molecular weight is 248 g/mol. The molecule has 0 spiro atoms. The smallest absolute Gasteiger partial charge is 0.306 e. The number of Topliss-reactive ketones (excluding diaryl/α,β-unsaturated/α-hetero) is 1. The number of hydrogen-bond acceptors (Lipinski definition) is 4. The Morgan fingerprint density at radius 1 is 1.22 bits per heavy atom. The summed E-state index contributed by atoms with van der Waals surface area (Å²) in [7, 11) is 0. The van der Waals surface area contributed by atoms with Gasteiger partial charge in [-0.3, -0.25) is 9.59 Å². The third-order valence-electron chi connectivity index (χ3n) is 2.82.